The lowest BCUT2D eigenvalue weighted by molar-refractivity contribution is -0.136. The molecule has 2 saturated heterocycles. The summed E-state index contributed by atoms with van der Waals surface area (Å²) in [5, 5.41) is 3.67. The zero-order valence-electron chi connectivity index (χ0n) is 18.0. The molecule has 2 fully saturated rings. The summed E-state index contributed by atoms with van der Waals surface area (Å²) in [7, 11) is 2.09. The van der Waals surface area contributed by atoms with Gasteiger partial charge in [0.1, 0.15) is 0 Å². The van der Waals surface area contributed by atoms with Crippen molar-refractivity contribution in [1.82, 2.24) is 15.2 Å². The number of benzene rings is 1. The molecular weight excluding hydrogens is 405 g/mol. The Morgan fingerprint density at radius 3 is 2.77 bits per heavy atom. The van der Waals surface area contributed by atoms with Crippen LogP contribution in [0.15, 0.2) is 30.5 Å². The number of hydrogen-bond donors (Lipinski definition) is 1. The number of anilines is 1. The van der Waals surface area contributed by atoms with Crippen molar-refractivity contribution < 1.29 is 18.0 Å². The van der Waals surface area contributed by atoms with E-state index in [1.165, 1.54) is 12.3 Å². The number of piperidine rings is 1. The van der Waals surface area contributed by atoms with Gasteiger partial charge in [-0.15, -0.1) is 0 Å². The van der Waals surface area contributed by atoms with Crippen LogP contribution in [0.2, 0.25) is 0 Å². The van der Waals surface area contributed by atoms with E-state index in [2.05, 4.69) is 34.1 Å². The van der Waals surface area contributed by atoms with Crippen molar-refractivity contribution >= 4 is 22.5 Å². The van der Waals surface area contributed by atoms with Gasteiger partial charge in [-0.1, -0.05) is 6.92 Å². The monoisotopic (exact) mass is 434 g/mol. The van der Waals surface area contributed by atoms with E-state index in [0.29, 0.717) is 30.8 Å². The number of hydrogen-bond acceptors (Lipinski definition) is 4. The van der Waals surface area contributed by atoms with E-state index in [1.807, 2.05) is 0 Å². The molecule has 1 N–H and O–H groups in total. The first-order chi connectivity index (χ1) is 14.7. The predicted octanol–water partition coefficient (Wildman–Crippen LogP) is 3.93. The van der Waals surface area contributed by atoms with Gasteiger partial charge < -0.3 is 15.1 Å². The van der Waals surface area contributed by atoms with Crippen LogP contribution in [0.4, 0.5) is 18.9 Å². The number of alkyl halides is 3. The van der Waals surface area contributed by atoms with Crippen LogP contribution in [0.1, 0.15) is 31.7 Å². The third-order valence-electron chi connectivity index (χ3n) is 6.55. The maximum Gasteiger partial charge on any atom is 0.418 e. The number of amides is 1. The molecule has 2 aliphatic rings. The second-order valence-corrected chi connectivity index (χ2v) is 9.06. The summed E-state index contributed by atoms with van der Waals surface area (Å²) in [6, 6.07) is 5.96. The summed E-state index contributed by atoms with van der Waals surface area (Å²) in [5.41, 5.74) is -0.0240. The van der Waals surface area contributed by atoms with E-state index < -0.39 is 11.7 Å². The maximum atomic E-state index is 13.4. The zero-order valence-corrected chi connectivity index (χ0v) is 18.0. The van der Waals surface area contributed by atoms with Crippen molar-refractivity contribution in [3.05, 3.63) is 36.0 Å². The molecular formula is C23H29F3N4O. The average molecular weight is 435 g/mol. The molecule has 8 heteroatoms. The van der Waals surface area contributed by atoms with Crippen molar-refractivity contribution in [1.29, 1.82) is 0 Å². The molecule has 168 valence electrons. The lowest BCUT2D eigenvalue weighted by Gasteiger charge is -2.29. The Labute approximate surface area is 180 Å². The largest absolute Gasteiger partial charge is 0.418 e. The Kier molecular flexibility index (Phi) is 6.10. The van der Waals surface area contributed by atoms with Gasteiger partial charge in [0.2, 0.25) is 5.91 Å². The molecule has 1 aromatic carbocycles. The highest BCUT2D eigenvalue weighted by atomic mass is 19.4. The smallest absolute Gasteiger partial charge is 0.369 e. The van der Waals surface area contributed by atoms with Crippen LogP contribution < -0.4 is 10.2 Å². The van der Waals surface area contributed by atoms with Crippen LogP contribution in [0, 0.1) is 11.8 Å². The number of rotatable bonds is 4. The number of carbonyl (C=O) groups excluding carboxylic acids is 1. The molecule has 0 aliphatic carbocycles. The summed E-state index contributed by atoms with van der Waals surface area (Å²) >= 11 is 0. The zero-order chi connectivity index (χ0) is 22.2. The molecule has 0 saturated carbocycles. The average Bonchev–Trinajstić information content (AvgIpc) is 3.06. The van der Waals surface area contributed by atoms with Crippen molar-refractivity contribution in [2.24, 2.45) is 11.8 Å². The van der Waals surface area contributed by atoms with Gasteiger partial charge in [-0.2, -0.15) is 13.2 Å². The van der Waals surface area contributed by atoms with Crippen molar-refractivity contribution in [3.63, 3.8) is 0 Å². The van der Waals surface area contributed by atoms with Crippen LogP contribution in [-0.4, -0.2) is 55.1 Å². The molecule has 1 amide bonds. The number of halogens is 3. The topological polar surface area (TPSA) is 48.5 Å². The molecule has 1 aromatic heterocycles. The molecule has 0 radical (unpaired) electrons. The number of nitrogens with one attached hydrogen (secondary N) is 1. The summed E-state index contributed by atoms with van der Waals surface area (Å²) in [6.07, 6.45) is -0.334. The minimum atomic E-state index is -4.45. The fraction of sp³-hybridized carbons (Fsp3) is 0.565. The Bertz CT molecular complexity index is 948. The van der Waals surface area contributed by atoms with Gasteiger partial charge >= 0.3 is 6.18 Å². The third-order valence-corrected chi connectivity index (χ3v) is 6.55. The minimum Gasteiger partial charge on any atom is -0.369 e. The number of carbonyl (C=O) groups is 1. The van der Waals surface area contributed by atoms with Gasteiger partial charge in [-0.25, -0.2) is 0 Å². The molecule has 4 rings (SSSR count). The van der Waals surface area contributed by atoms with Crippen LogP contribution in [0.25, 0.3) is 10.9 Å². The molecule has 3 heterocycles. The SMILES string of the molecule is C[C@@H]1CN(c2ccc(C(F)(F)F)c3ncccc23)CC1NC(=O)CC1CCCN(C)C1. The molecule has 0 spiro atoms. The maximum absolute atomic E-state index is 13.4. The van der Waals surface area contributed by atoms with Crippen LogP contribution >= 0.6 is 0 Å². The first-order valence-electron chi connectivity index (χ1n) is 10.9. The van der Waals surface area contributed by atoms with Crippen molar-refractivity contribution in [3.8, 4) is 0 Å². The summed E-state index contributed by atoms with van der Waals surface area (Å²) in [5.74, 6) is 0.654. The summed E-state index contributed by atoms with van der Waals surface area (Å²) < 4.78 is 40.2. The highest BCUT2D eigenvalue weighted by Gasteiger charge is 2.36. The fourth-order valence-electron chi connectivity index (χ4n) is 4.98. The normalized spacial score (nSPS) is 25.2. The first-order valence-corrected chi connectivity index (χ1v) is 10.9. The lowest BCUT2D eigenvalue weighted by atomic mass is 9.94. The van der Waals surface area contributed by atoms with E-state index >= 15 is 0 Å². The Morgan fingerprint density at radius 2 is 2.03 bits per heavy atom. The molecule has 31 heavy (non-hydrogen) atoms. The number of nitrogens with zero attached hydrogens (tertiary/aromatic N) is 3. The highest BCUT2D eigenvalue weighted by Crippen LogP contribution is 2.38. The quantitative estimate of drug-likeness (QED) is 0.792. The molecule has 2 aliphatic heterocycles. The molecule has 5 nitrogen and oxygen atoms in total. The minimum absolute atomic E-state index is 0.0252. The standard InChI is InChI=1S/C23H29F3N4O/c1-15-12-30(14-19(15)28-21(31)11-16-5-4-10-29(2)13-16)20-8-7-18(23(24,25)26)22-17(20)6-3-9-27-22/h3,6-9,15-16,19H,4-5,10-14H2,1-2H3,(H,28,31)/t15-,16?,19?/m1/s1. The second kappa shape index (κ2) is 8.65. The van der Waals surface area contributed by atoms with Gasteiger partial charge in [0.25, 0.3) is 0 Å². The predicted molar refractivity (Wildman–Crippen MR) is 115 cm³/mol. The number of aromatic nitrogens is 1. The molecule has 2 unspecified atom stereocenters. The van der Waals surface area contributed by atoms with Gasteiger partial charge in [-0.05, 0) is 62.5 Å². The number of pyridine rings is 1. The molecule has 2 aromatic rings. The van der Waals surface area contributed by atoms with E-state index in [-0.39, 0.29) is 23.4 Å². The molecule has 0 bridgehead atoms. The fourth-order valence-corrected chi connectivity index (χ4v) is 4.98. The van der Waals surface area contributed by atoms with E-state index in [0.717, 1.165) is 37.7 Å². The molecule has 3 atom stereocenters. The van der Waals surface area contributed by atoms with E-state index in [1.54, 1.807) is 12.1 Å². The number of fused-ring (bicyclic) bond motifs is 1. The Hall–Kier alpha value is -2.35. The first kappa shape index (κ1) is 21.9. The Balaban J connectivity index is 1.47. The van der Waals surface area contributed by atoms with E-state index in [4.69, 9.17) is 0 Å². The van der Waals surface area contributed by atoms with Crippen LogP contribution in [0.3, 0.4) is 0 Å². The lowest BCUT2D eigenvalue weighted by Crippen LogP contribution is -2.42. The van der Waals surface area contributed by atoms with Crippen molar-refractivity contribution in [2.45, 2.75) is 38.4 Å². The highest BCUT2D eigenvalue weighted by molar-refractivity contribution is 5.94. The second-order valence-electron chi connectivity index (χ2n) is 9.06. The summed E-state index contributed by atoms with van der Waals surface area (Å²) in [6.45, 7) is 5.36. The number of likely N-dealkylation sites (tertiary alicyclic amines) is 1. The van der Waals surface area contributed by atoms with Crippen LogP contribution in [0.5, 0.6) is 0 Å². The van der Waals surface area contributed by atoms with Crippen LogP contribution in [-0.2, 0) is 11.0 Å². The summed E-state index contributed by atoms with van der Waals surface area (Å²) in [4.78, 5) is 21.0. The van der Waals surface area contributed by atoms with Gasteiger partial charge in [-0.3, -0.25) is 9.78 Å². The van der Waals surface area contributed by atoms with E-state index in [9.17, 15) is 18.0 Å². The van der Waals surface area contributed by atoms with Gasteiger partial charge in [0.15, 0.2) is 0 Å². The third kappa shape index (κ3) is 4.79. The van der Waals surface area contributed by atoms with Gasteiger partial charge in [0, 0.05) is 43.3 Å². The Morgan fingerprint density at radius 1 is 1.23 bits per heavy atom. The van der Waals surface area contributed by atoms with Gasteiger partial charge in [0.05, 0.1) is 17.1 Å². The van der Waals surface area contributed by atoms with Crippen molar-refractivity contribution in [2.75, 3.05) is 38.1 Å².